The van der Waals surface area contributed by atoms with E-state index in [0.717, 1.165) is 13.0 Å². The van der Waals surface area contributed by atoms with E-state index in [9.17, 15) is 0 Å². The molecule has 1 saturated carbocycles. The summed E-state index contributed by atoms with van der Waals surface area (Å²) < 4.78 is 6.35. The van der Waals surface area contributed by atoms with Gasteiger partial charge in [0.25, 0.3) is 0 Å². The number of rotatable bonds is 2. The second-order valence-electron chi connectivity index (χ2n) is 6.50. The van der Waals surface area contributed by atoms with Crippen molar-refractivity contribution in [3.05, 3.63) is 0 Å². The number of hydrogen-bond donors (Lipinski definition) is 0. The Morgan fingerprint density at radius 3 is 2.47 bits per heavy atom. The van der Waals surface area contributed by atoms with Crippen LogP contribution < -0.4 is 0 Å². The molecule has 1 aliphatic heterocycles. The molecule has 0 aromatic carbocycles. The van der Waals surface area contributed by atoms with Crippen LogP contribution in [0.5, 0.6) is 0 Å². The first-order chi connectivity index (χ1) is 6.75. The summed E-state index contributed by atoms with van der Waals surface area (Å²) >= 11 is 0. The van der Waals surface area contributed by atoms with Crippen LogP contribution in [0.25, 0.3) is 0 Å². The van der Waals surface area contributed by atoms with Crippen molar-refractivity contribution in [2.45, 2.75) is 58.0 Å². The maximum Gasteiger partial charge on any atom is 0.184 e. The van der Waals surface area contributed by atoms with Crippen LogP contribution in [-0.2, 0) is 4.43 Å². The van der Waals surface area contributed by atoms with Crippen LogP contribution in [0.4, 0.5) is 0 Å². The van der Waals surface area contributed by atoms with Gasteiger partial charge in [0, 0.05) is 5.41 Å². The minimum Gasteiger partial charge on any atom is -0.410 e. The van der Waals surface area contributed by atoms with Crippen molar-refractivity contribution in [3.63, 3.8) is 0 Å². The Bertz CT molecular complexity index is 299. The molecule has 2 aliphatic rings. The molecule has 0 aromatic rings. The van der Waals surface area contributed by atoms with E-state index in [-0.39, 0.29) is 17.1 Å². The van der Waals surface area contributed by atoms with E-state index in [0.29, 0.717) is 0 Å². The smallest absolute Gasteiger partial charge is 0.184 e. The topological polar surface area (TPSA) is 34.0 Å². The molecule has 1 aliphatic carbocycles. The third-order valence-corrected chi connectivity index (χ3v) is 4.68. The third-order valence-electron chi connectivity index (χ3n) is 3.60. The summed E-state index contributed by atoms with van der Waals surface area (Å²) in [6.07, 6.45) is 2.34. The first kappa shape index (κ1) is 11.3. The molecule has 0 aromatic heterocycles. The van der Waals surface area contributed by atoms with Gasteiger partial charge in [-0.05, 0) is 39.4 Å². The highest BCUT2D eigenvalue weighted by atomic mass is 28.4. The predicted octanol–water partition coefficient (Wildman–Crippen LogP) is 3.23. The fourth-order valence-corrected chi connectivity index (χ4v) is 4.67. The molecule has 3 nitrogen and oxygen atoms in total. The fraction of sp³-hybridized carbons (Fsp3) is 1.00. The summed E-state index contributed by atoms with van der Waals surface area (Å²) in [7, 11) is -1.49. The molecular formula is C11H22N2OSi. The van der Waals surface area contributed by atoms with Gasteiger partial charge in [0.15, 0.2) is 8.32 Å². The van der Waals surface area contributed by atoms with Gasteiger partial charge >= 0.3 is 0 Å². The van der Waals surface area contributed by atoms with Crippen molar-refractivity contribution in [1.82, 2.24) is 0 Å². The van der Waals surface area contributed by atoms with Crippen LogP contribution in [0.3, 0.4) is 0 Å². The first-order valence-corrected chi connectivity index (χ1v) is 9.23. The lowest BCUT2D eigenvalue weighted by molar-refractivity contribution is 0.0593. The molecule has 1 fully saturated rings. The van der Waals surface area contributed by atoms with Crippen LogP contribution in [0.15, 0.2) is 10.2 Å². The fourth-order valence-electron chi connectivity index (χ4n) is 3.06. The zero-order valence-electron chi connectivity index (χ0n) is 10.5. The average molecular weight is 226 g/mol. The molecule has 4 heteroatoms. The molecule has 0 saturated heterocycles. The van der Waals surface area contributed by atoms with Gasteiger partial charge in [0.2, 0.25) is 0 Å². The Hall–Kier alpha value is -0.223. The summed E-state index contributed by atoms with van der Waals surface area (Å²) in [6, 6.07) is 0.289. The minimum absolute atomic E-state index is 0.0563. The van der Waals surface area contributed by atoms with E-state index in [1.54, 1.807) is 0 Å². The van der Waals surface area contributed by atoms with Gasteiger partial charge in [-0.2, -0.15) is 10.2 Å². The van der Waals surface area contributed by atoms with Crippen molar-refractivity contribution in [3.8, 4) is 0 Å². The van der Waals surface area contributed by atoms with Crippen LogP contribution >= 0.6 is 0 Å². The Kier molecular flexibility index (Phi) is 2.36. The molecule has 15 heavy (non-hydrogen) atoms. The van der Waals surface area contributed by atoms with Gasteiger partial charge in [0.1, 0.15) is 6.04 Å². The Labute approximate surface area is 93.4 Å². The summed E-state index contributed by atoms with van der Waals surface area (Å²) in [6.45, 7) is 12.2. The maximum absolute atomic E-state index is 6.35. The minimum atomic E-state index is -1.49. The summed E-state index contributed by atoms with van der Waals surface area (Å²) in [5.74, 6) is 0. The first-order valence-electron chi connectivity index (χ1n) is 5.82. The zero-order chi connectivity index (χ0) is 11.3. The molecule has 0 bridgehead atoms. The normalized spacial score (nSPS) is 44.7. The molecule has 86 valence electrons. The lowest BCUT2D eigenvalue weighted by Gasteiger charge is -2.37. The van der Waals surface area contributed by atoms with E-state index in [4.69, 9.17) is 4.43 Å². The largest absolute Gasteiger partial charge is 0.410 e. The summed E-state index contributed by atoms with van der Waals surface area (Å²) in [4.78, 5) is 0. The van der Waals surface area contributed by atoms with Gasteiger partial charge < -0.3 is 4.43 Å². The second kappa shape index (κ2) is 3.14. The number of nitrogens with zero attached hydrogens (tertiary/aromatic N) is 2. The van der Waals surface area contributed by atoms with Crippen LogP contribution in [0, 0.1) is 5.41 Å². The SMILES string of the molecule is CC1(O[Si](C)(C)C)CC[C@]2(C)CN=N[C@H]12. The van der Waals surface area contributed by atoms with Gasteiger partial charge in [-0.15, -0.1) is 0 Å². The monoisotopic (exact) mass is 226 g/mol. The highest BCUT2D eigenvalue weighted by molar-refractivity contribution is 6.69. The van der Waals surface area contributed by atoms with E-state index in [2.05, 4.69) is 43.7 Å². The molecule has 1 heterocycles. The van der Waals surface area contributed by atoms with Gasteiger partial charge in [-0.1, -0.05) is 6.92 Å². The lowest BCUT2D eigenvalue weighted by atomic mass is 9.83. The predicted molar refractivity (Wildman–Crippen MR) is 63.7 cm³/mol. The van der Waals surface area contributed by atoms with Crippen molar-refractivity contribution in [2.75, 3.05) is 6.54 Å². The van der Waals surface area contributed by atoms with Crippen molar-refractivity contribution < 1.29 is 4.43 Å². The average Bonchev–Trinajstić information content (AvgIpc) is 2.50. The molecule has 0 spiro atoms. The van der Waals surface area contributed by atoms with Gasteiger partial charge in [0.05, 0.1) is 12.1 Å². The highest BCUT2D eigenvalue weighted by Crippen LogP contribution is 2.51. The molecule has 1 unspecified atom stereocenters. The molecule has 0 amide bonds. The van der Waals surface area contributed by atoms with E-state index in [1.807, 2.05) is 0 Å². The van der Waals surface area contributed by atoms with E-state index >= 15 is 0 Å². The molecular weight excluding hydrogens is 204 g/mol. The maximum atomic E-state index is 6.35. The van der Waals surface area contributed by atoms with Crippen LogP contribution in [-0.4, -0.2) is 26.5 Å². The van der Waals surface area contributed by atoms with Crippen LogP contribution in [0.2, 0.25) is 19.6 Å². The van der Waals surface area contributed by atoms with Crippen molar-refractivity contribution >= 4 is 8.32 Å². The number of hydrogen-bond acceptors (Lipinski definition) is 3. The molecule has 0 N–H and O–H groups in total. The molecule has 0 radical (unpaired) electrons. The Morgan fingerprint density at radius 2 is 1.87 bits per heavy atom. The third kappa shape index (κ3) is 1.89. The lowest BCUT2D eigenvalue weighted by Crippen LogP contribution is -2.47. The Balaban J connectivity index is 2.20. The number of fused-ring (bicyclic) bond motifs is 1. The van der Waals surface area contributed by atoms with Gasteiger partial charge in [-0.3, -0.25) is 0 Å². The quantitative estimate of drug-likeness (QED) is 0.666. The summed E-state index contributed by atoms with van der Waals surface area (Å²) in [5.41, 5.74) is 0.216. The van der Waals surface area contributed by atoms with E-state index in [1.165, 1.54) is 6.42 Å². The highest BCUT2D eigenvalue weighted by Gasteiger charge is 2.56. The van der Waals surface area contributed by atoms with Crippen molar-refractivity contribution in [1.29, 1.82) is 0 Å². The standard InChI is InChI=1S/C11H22N2OSi/c1-10-6-7-11(2,14-15(3,4)5)9(10)13-12-8-10/h9H,6-8H2,1-5H3/t9-,10+,11?/m0/s1. The second-order valence-corrected chi connectivity index (χ2v) is 10.9. The van der Waals surface area contributed by atoms with E-state index < -0.39 is 8.32 Å². The van der Waals surface area contributed by atoms with Gasteiger partial charge in [-0.25, -0.2) is 0 Å². The van der Waals surface area contributed by atoms with Crippen molar-refractivity contribution in [2.24, 2.45) is 15.6 Å². The number of azo groups is 1. The summed E-state index contributed by atoms with van der Waals surface area (Å²) in [5, 5.41) is 8.65. The molecule has 2 rings (SSSR count). The Morgan fingerprint density at radius 1 is 1.20 bits per heavy atom. The zero-order valence-corrected chi connectivity index (χ0v) is 11.5. The molecule has 3 atom stereocenters. The van der Waals surface area contributed by atoms with Crippen LogP contribution in [0.1, 0.15) is 26.7 Å².